The van der Waals surface area contributed by atoms with Gasteiger partial charge in [0.05, 0.1) is 6.04 Å². The quantitative estimate of drug-likeness (QED) is 0.352. The van der Waals surface area contributed by atoms with E-state index in [9.17, 15) is 14.0 Å². The zero-order valence-corrected chi connectivity index (χ0v) is 20.5. The lowest BCUT2D eigenvalue weighted by molar-refractivity contribution is 0.0949. The van der Waals surface area contributed by atoms with Crippen LogP contribution in [0, 0.1) is 11.6 Å². The van der Waals surface area contributed by atoms with Crippen molar-refractivity contribution in [3.63, 3.8) is 0 Å². The number of carbonyl (C=O) groups is 1. The van der Waals surface area contributed by atoms with Gasteiger partial charge < -0.3 is 9.75 Å². The average Bonchev–Trinajstić information content (AvgIpc) is 3.08. The summed E-state index contributed by atoms with van der Waals surface area (Å²) in [4.78, 5) is 27.0. The van der Waals surface area contributed by atoms with Crippen molar-refractivity contribution in [1.82, 2.24) is 4.68 Å². The predicted molar refractivity (Wildman–Crippen MR) is 138 cm³/mol. The van der Waals surface area contributed by atoms with Crippen molar-refractivity contribution >= 4 is 17.5 Å². The molecule has 4 aromatic rings. The Bertz CT molecular complexity index is 1570. The van der Waals surface area contributed by atoms with Gasteiger partial charge >= 0.3 is 0 Å². The summed E-state index contributed by atoms with van der Waals surface area (Å²) in [7, 11) is 0. The van der Waals surface area contributed by atoms with E-state index in [1.807, 2.05) is 59.6 Å². The van der Waals surface area contributed by atoms with E-state index in [0.717, 1.165) is 22.1 Å². The summed E-state index contributed by atoms with van der Waals surface area (Å²) in [6, 6.07) is 20.8. The third-order valence-electron chi connectivity index (χ3n) is 6.78. The van der Waals surface area contributed by atoms with Gasteiger partial charge in [-0.05, 0) is 28.8 Å². The second kappa shape index (κ2) is 9.52. The van der Waals surface area contributed by atoms with Crippen molar-refractivity contribution in [2.75, 3.05) is 11.6 Å². The standard InChI is InChI=1S/C29H22F2N2O3S/c30-22-11-10-19-21(26(22)31)17-37-25-9-5-4-8-20(25)27(19)32-14-12-23(34)28-29(24(35)13-15-33(28)32)36-16-18-6-2-1-3-7-18/h1-11,13,15,27H,12,14,16-17H2/t27-/m0/s1. The van der Waals surface area contributed by atoms with Gasteiger partial charge in [0.2, 0.25) is 5.43 Å². The molecule has 8 heteroatoms. The summed E-state index contributed by atoms with van der Waals surface area (Å²) >= 11 is 1.45. The number of nitrogens with zero attached hydrogens (tertiary/aromatic N) is 2. The molecule has 2 aliphatic heterocycles. The molecule has 5 nitrogen and oxygen atoms in total. The van der Waals surface area contributed by atoms with Crippen LogP contribution in [0.3, 0.4) is 0 Å². The van der Waals surface area contributed by atoms with E-state index in [0.29, 0.717) is 17.7 Å². The first-order valence-electron chi connectivity index (χ1n) is 11.9. The zero-order chi connectivity index (χ0) is 25.5. The summed E-state index contributed by atoms with van der Waals surface area (Å²) < 4.78 is 36.9. The number of benzene rings is 3. The van der Waals surface area contributed by atoms with Crippen LogP contribution in [0.5, 0.6) is 5.75 Å². The average molecular weight is 517 g/mol. The van der Waals surface area contributed by atoms with E-state index >= 15 is 4.39 Å². The second-order valence-corrected chi connectivity index (χ2v) is 9.99. The van der Waals surface area contributed by atoms with E-state index in [1.54, 1.807) is 16.9 Å². The molecule has 0 saturated carbocycles. The molecular formula is C29H22F2N2O3S. The molecule has 6 rings (SSSR count). The molecule has 0 radical (unpaired) electrons. The Morgan fingerprint density at radius 1 is 0.919 bits per heavy atom. The number of Topliss-reactive ketones (excluding diaryl/α,β-unsaturated/α-hetero) is 1. The first-order chi connectivity index (χ1) is 18.0. The number of rotatable bonds is 4. The fourth-order valence-corrected chi connectivity index (χ4v) is 6.14. The summed E-state index contributed by atoms with van der Waals surface area (Å²) in [6.07, 6.45) is 1.71. The fraction of sp³-hybridized carbons (Fsp3) is 0.172. The first kappa shape index (κ1) is 23.5. The molecule has 3 aromatic carbocycles. The summed E-state index contributed by atoms with van der Waals surface area (Å²) in [5.74, 6) is -1.69. The van der Waals surface area contributed by atoms with Gasteiger partial charge in [0.1, 0.15) is 6.61 Å². The molecule has 0 unspecified atom stereocenters. The largest absolute Gasteiger partial charge is 0.483 e. The van der Waals surface area contributed by atoms with Crippen molar-refractivity contribution in [3.8, 4) is 5.75 Å². The van der Waals surface area contributed by atoms with Gasteiger partial charge in [0.25, 0.3) is 0 Å². The van der Waals surface area contributed by atoms with E-state index in [-0.39, 0.29) is 41.4 Å². The second-order valence-electron chi connectivity index (χ2n) is 8.97. The molecule has 0 bridgehead atoms. The zero-order valence-electron chi connectivity index (χ0n) is 19.7. The third-order valence-corrected chi connectivity index (χ3v) is 7.90. The predicted octanol–water partition coefficient (Wildman–Crippen LogP) is 5.63. The lowest BCUT2D eigenvalue weighted by Gasteiger charge is -2.40. The van der Waals surface area contributed by atoms with Gasteiger partial charge in [-0.3, -0.25) is 14.3 Å². The van der Waals surface area contributed by atoms with Crippen LogP contribution in [0.25, 0.3) is 0 Å². The Kier molecular flexibility index (Phi) is 6.04. The number of hydrogen-bond donors (Lipinski definition) is 0. The summed E-state index contributed by atoms with van der Waals surface area (Å²) in [5, 5.41) is 1.94. The van der Waals surface area contributed by atoms with Gasteiger partial charge in [-0.2, -0.15) is 0 Å². The van der Waals surface area contributed by atoms with Crippen molar-refractivity contribution in [3.05, 3.63) is 129 Å². The van der Waals surface area contributed by atoms with Crippen LogP contribution >= 0.6 is 11.8 Å². The van der Waals surface area contributed by atoms with Gasteiger partial charge in [0.15, 0.2) is 28.9 Å². The van der Waals surface area contributed by atoms with E-state index in [2.05, 4.69) is 0 Å². The van der Waals surface area contributed by atoms with Crippen LogP contribution in [-0.4, -0.2) is 17.0 Å². The number of thioether (sulfide) groups is 1. The molecule has 186 valence electrons. The minimum absolute atomic E-state index is 0.0113. The third kappa shape index (κ3) is 4.11. The molecule has 0 aliphatic carbocycles. The first-order valence-corrected chi connectivity index (χ1v) is 12.9. The van der Waals surface area contributed by atoms with Crippen molar-refractivity contribution in [2.24, 2.45) is 0 Å². The van der Waals surface area contributed by atoms with E-state index in [4.69, 9.17) is 4.74 Å². The summed E-state index contributed by atoms with van der Waals surface area (Å²) in [5.41, 5.74) is 2.48. The number of carbonyl (C=O) groups excluding carboxylic acids is 1. The van der Waals surface area contributed by atoms with Crippen LogP contribution in [0.2, 0.25) is 0 Å². The molecule has 0 fully saturated rings. The SMILES string of the molecule is O=C1CCN([C@@H]2c3ccccc3SCc3c2ccc(F)c3F)n2ccc(=O)c(OCc3ccccc3)c21. The molecule has 0 N–H and O–H groups in total. The Balaban J connectivity index is 1.50. The molecule has 2 aliphatic rings. The lowest BCUT2D eigenvalue weighted by Crippen LogP contribution is -2.47. The van der Waals surface area contributed by atoms with Crippen LogP contribution in [0.4, 0.5) is 8.78 Å². The highest BCUT2D eigenvalue weighted by atomic mass is 32.2. The van der Waals surface area contributed by atoms with Crippen molar-refractivity contribution < 1.29 is 18.3 Å². The molecule has 37 heavy (non-hydrogen) atoms. The molecule has 0 amide bonds. The highest BCUT2D eigenvalue weighted by Gasteiger charge is 2.36. The smallest absolute Gasteiger partial charge is 0.224 e. The molecular weight excluding hydrogens is 494 g/mol. The maximum atomic E-state index is 15.0. The lowest BCUT2D eigenvalue weighted by atomic mass is 9.93. The van der Waals surface area contributed by atoms with Crippen LogP contribution < -0.4 is 15.2 Å². The Morgan fingerprint density at radius 2 is 1.70 bits per heavy atom. The fourth-order valence-electron chi connectivity index (χ4n) is 5.03. The van der Waals surface area contributed by atoms with E-state index in [1.165, 1.54) is 17.8 Å². The van der Waals surface area contributed by atoms with Gasteiger partial charge in [-0.15, -0.1) is 11.8 Å². The van der Waals surface area contributed by atoms with Gasteiger partial charge in [-0.25, -0.2) is 8.78 Å². The molecule has 0 spiro atoms. The van der Waals surface area contributed by atoms with Crippen LogP contribution in [0.15, 0.2) is 88.7 Å². The normalized spacial score (nSPS) is 16.4. The topological polar surface area (TPSA) is 51.5 Å². The van der Waals surface area contributed by atoms with E-state index < -0.39 is 17.7 Å². The number of aromatic nitrogens is 1. The minimum atomic E-state index is -0.890. The number of fused-ring (bicyclic) bond motifs is 3. The highest BCUT2D eigenvalue weighted by Crippen LogP contribution is 2.43. The van der Waals surface area contributed by atoms with Crippen LogP contribution in [-0.2, 0) is 12.4 Å². The Morgan fingerprint density at radius 3 is 2.54 bits per heavy atom. The molecule has 3 heterocycles. The number of hydrogen-bond acceptors (Lipinski definition) is 5. The maximum absolute atomic E-state index is 15.0. The van der Waals surface area contributed by atoms with Crippen molar-refractivity contribution in [1.29, 1.82) is 0 Å². The molecule has 1 aromatic heterocycles. The maximum Gasteiger partial charge on any atom is 0.224 e. The van der Waals surface area contributed by atoms with Crippen molar-refractivity contribution in [2.45, 2.75) is 29.7 Å². The van der Waals surface area contributed by atoms with Gasteiger partial charge in [0, 0.05) is 41.4 Å². The Hall–Kier alpha value is -3.91. The summed E-state index contributed by atoms with van der Waals surface area (Å²) in [6.45, 7) is 0.464. The molecule has 0 saturated heterocycles. The minimum Gasteiger partial charge on any atom is -0.483 e. The van der Waals surface area contributed by atoms with Gasteiger partial charge in [-0.1, -0.05) is 54.6 Å². The number of halogens is 2. The van der Waals surface area contributed by atoms with Crippen LogP contribution in [0.1, 0.15) is 45.2 Å². The number of pyridine rings is 1. The number of ketones is 1. The monoisotopic (exact) mass is 516 g/mol. The highest BCUT2D eigenvalue weighted by molar-refractivity contribution is 7.98. The molecule has 1 atom stereocenters. The number of ether oxygens (including phenoxy) is 1. The Labute approximate surface area is 216 Å².